The first kappa shape index (κ1) is 13.8. The zero-order valence-corrected chi connectivity index (χ0v) is 13.2. The molecule has 20 heavy (non-hydrogen) atoms. The molecule has 2 aromatic heterocycles. The van der Waals surface area contributed by atoms with E-state index in [9.17, 15) is 0 Å². The van der Waals surface area contributed by atoms with Crippen LogP contribution in [0.1, 0.15) is 59.5 Å². The van der Waals surface area contributed by atoms with Crippen LogP contribution in [0.5, 0.6) is 0 Å². The monoisotopic (exact) mass is 290 g/mol. The van der Waals surface area contributed by atoms with Gasteiger partial charge in [0, 0.05) is 10.9 Å². The van der Waals surface area contributed by atoms with Gasteiger partial charge >= 0.3 is 0 Å². The third kappa shape index (κ3) is 2.65. The second kappa shape index (κ2) is 5.66. The molecule has 1 atom stereocenters. The Hall–Kier alpha value is -1.20. The number of aryl methyl sites for hydroxylation is 2. The Kier molecular flexibility index (Phi) is 3.89. The molecule has 3 rings (SSSR count). The number of nitrogens with one attached hydrogen (secondary N) is 1. The maximum absolute atomic E-state index is 4.76. The highest BCUT2D eigenvalue weighted by Crippen LogP contribution is 2.38. The lowest BCUT2D eigenvalue weighted by atomic mass is 10.2. The fourth-order valence-corrected chi connectivity index (χ4v) is 3.44. The Balaban J connectivity index is 1.94. The first-order valence-electron chi connectivity index (χ1n) is 7.39. The molecule has 1 N–H and O–H groups in total. The number of aromatic nitrogens is 3. The first-order chi connectivity index (χ1) is 9.70. The van der Waals surface area contributed by atoms with Gasteiger partial charge in [0.2, 0.25) is 0 Å². The summed E-state index contributed by atoms with van der Waals surface area (Å²) in [4.78, 5) is 10.4. The van der Waals surface area contributed by atoms with Crippen LogP contribution in [0, 0.1) is 13.8 Å². The van der Waals surface area contributed by atoms with Gasteiger partial charge < -0.3 is 9.88 Å². The van der Waals surface area contributed by atoms with Gasteiger partial charge in [0.1, 0.15) is 11.0 Å². The lowest BCUT2D eigenvalue weighted by Crippen LogP contribution is -2.25. The maximum atomic E-state index is 4.76. The summed E-state index contributed by atoms with van der Waals surface area (Å²) in [5.74, 6) is 0. The van der Waals surface area contributed by atoms with Crippen LogP contribution in [0.25, 0.3) is 0 Å². The molecule has 2 aromatic rings. The van der Waals surface area contributed by atoms with E-state index in [2.05, 4.69) is 35.6 Å². The summed E-state index contributed by atoms with van der Waals surface area (Å²) in [6, 6.07) is 0.830. The number of thiazole rings is 1. The van der Waals surface area contributed by atoms with Gasteiger partial charge in [-0.05, 0) is 39.7 Å². The molecule has 1 unspecified atom stereocenters. The lowest BCUT2D eigenvalue weighted by molar-refractivity contribution is 0.549. The van der Waals surface area contributed by atoms with Crippen LogP contribution >= 0.6 is 11.3 Å². The highest BCUT2D eigenvalue weighted by molar-refractivity contribution is 7.11. The molecular weight excluding hydrogens is 268 g/mol. The number of imidazole rings is 1. The largest absolute Gasteiger partial charge is 0.330 e. The van der Waals surface area contributed by atoms with Crippen molar-refractivity contribution in [3.05, 3.63) is 33.8 Å². The van der Waals surface area contributed by atoms with Crippen molar-refractivity contribution in [1.29, 1.82) is 0 Å². The van der Waals surface area contributed by atoms with E-state index in [1.165, 1.54) is 23.4 Å². The third-order valence-electron chi connectivity index (χ3n) is 3.82. The Bertz CT molecular complexity index is 563. The summed E-state index contributed by atoms with van der Waals surface area (Å²) in [5, 5.41) is 4.80. The maximum Gasteiger partial charge on any atom is 0.116 e. The van der Waals surface area contributed by atoms with Gasteiger partial charge in [-0.25, -0.2) is 9.97 Å². The van der Waals surface area contributed by atoms with Crippen molar-refractivity contribution in [2.24, 2.45) is 0 Å². The van der Waals surface area contributed by atoms with Crippen molar-refractivity contribution in [3.8, 4) is 0 Å². The molecule has 0 spiro atoms. The summed E-state index contributed by atoms with van der Waals surface area (Å²) < 4.78 is 2.33. The molecule has 0 bridgehead atoms. The Morgan fingerprint density at radius 3 is 2.85 bits per heavy atom. The summed E-state index contributed by atoms with van der Waals surface area (Å²) in [5.41, 5.74) is 2.40. The minimum Gasteiger partial charge on any atom is -0.330 e. The molecular formula is C15H22N4S. The number of hydrogen-bond donors (Lipinski definition) is 1. The van der Waals surface area contributed by atoms with Crippen molar-refractivity contribution < 1.29 is 0 Å². The average Bonchev–Trinajstić information content (AvgIpc) is 3.08. The van der Waals surface area contributed by atoms with Crippen LogP contribution in [0.2, 0.25) is 0 Å². The Labute approximate surface area is 124 Å². The fourth-order valence-electron chi connectivity index (χ4n) is 2.42. The van der Waals surface area contributed by atoms with Crippen LogP contribution in [0.3, 0.4) is 0 Å². The molecule has 1 saturated carbocycles. The Morgan fingerprint density at radius 2 is 2.25 bits per heavy atom. The van der Waals surface area contributed by atoms with Crippen LogP contribution < -0.4 is 5.32 Å². The minimum atomic E-state index is 0.176. The second-order valence-electron chi connectivity index (χ2n) is 5.54. The zero-order chi connectivity index (χ0) is 14.1. The van der Waals surface area contributed by atoms with Gasteiger partial charge in [-0.1, -0.05) is 6.92 Å². The van der Waals surface area contributed by atoms with E-state index >= 15 is 0 Å². The van der Waals surface area contributed by atoms with E-state index in [4.69, 9.17) is 4.98 Å². The topological polar surface area (TPSA) is 42.7 Å². The summed E-state index contributed by atoms with van der Waals surface area (Å²) in [7, 11) is 0. The average molecular weight is 290 g/mol. The van der Waals surface area contributed by atoms with E-state index in [1.54, 1.807) is 11.3 Å². The molecule has 0 aliphatic heterocycles. The molecule has 5 heteroatoms. The van der Waals surface area contributed by atoms with Crippen molar-refractivity contribution in [3.63, 3.8) is 0 Å². The summed E-state index contributed by atoms with van der Waals surface area (Å²) in [6.07, 6.45) is 7.65. The van der Waals surface area contributed by atoms with Crippen molar-refractivity contribution in [2.45, 2.75) is 52.1 Å². The van der Waals surface area contributed by atoms with Gasteiger partial charge in [-0.15, -0.1) is 11.3 Å². The zero-order valence-electron chi connectivity index (χ0n) is 12.4. The van der Waals surface area contributed by atoms with E-state index < -0.39 is 0 Å². The lowest BCUT2D eigenvalue weighted by Gasteiger charge is -2.18. The van der Waals surface area contributed by atoms with Crippen LogP contribution in [0.4, 0.5) is 0 Å². The molecule has 0 amide bonds. The van der Waals surface area contributed by atoms with Crippen molar-refractivity contribution >= 4 is 11.3 Å². The molecule has 1 fully saturated rings. The molecule has 1 aliphatic carbocycles. The second-order valence-corrected chi connectivity index (χ2v) is 6.77. The first-order valence-corrected chi connectivity index (χ1v) is 8.21. The number of nitrogens with zero attached hydrogens (tertiary/aromatic N) is 3. The number of hydrogen-bond acceptors (Lipinski definition) is 4. The van der Waals surface area contributed by atoms with E-state index in [0.717, 1.165) is 23.7 Å². The van der Waals surface area contributed by atoms with Crippen LogP contribution in [-0.2, 0) is 0 Å². The van der Waals surface area contributed by atoms with Gasteiger partial charge in [0.05, 0.1) is 23.9 Å². The standard InChI is InChI=1S/C15H22N4S/c1-4-7-17-14(15-18-10(2)11(3)20-15)13-8-16-9-19(13)12-5-6-12/h8-9,12,14,17H,4-7H2,1-3H3. The fraction of sp³-hybridized carbons (Fsp3) is 0.600. The predicted molar refractivity (Wildman–Crippen MR) is 82.2 cm³/mol. The van der Waals surface area contributed by atoms with Gasteiger partial charge in [0.15, 0.2) is 0 Å². The molecule has 0 aromatic carbocycles. The highest BCUT2D eigenvalue weighted by Gasteiger charge is 2.29. The molecule has 0 saturated heterocycles. The smallest absolute Gasteiger partial charge is 0.116 e. The van der Waals surface area contributed by atoms with E-state index in [-0.39, 0.29) is 6.04 Å². The number of rotatable bonds is 6. The van der Waals surface area contributed by atoms with Gasteiger partial charge in [-0.3, -0.25) is 0 Å². The summed E-state index contributed by atoms with van der Waals surface area (Å²) >= 11 is 1.80. The molecule has 4 nitrogen and oxygen atoms in total. The molecule has 108 valence electrons. The Morgan fingerprint density at radius 1 is 1.45 bits per heavy atom. The molecule has 2 heterocycles. The van der Waals surface area contributed by atoms with E-state index in [1.807, 2.05) is 12.5 Å². The highest BCUT2D eigenvalue weighted by atomic mass is 32.1. The van der Waals surface area contributed by atoms with Gasteiger partial charge in [0.25, 0.3) is 0 Å². The molecule has 1 aliphatic rings. The van der Waals surface area contributed by atoms with Crippen LogP contribution in [-0.4, -0.2) is 21.1 Å². The van der Waals surface area contributed by atoms with Gasteiger partial charge in [-0.2, -0.15) is 0 Å². The van der Waals surface area contributed by atoms with E-state index in [0.29, 0.717) is 6.04 Å². The van der Waals surface area contributed by atoms with Crippen molar-refractivity contribution in [1.82, 2.24) is 19.9 Å². The quantitative estimate of drug-likeness (QED) is 0.887. The normalized spacial score (nSPS) is 16.6. The minimum absolute atomic E-state index is 0.176. The third-order valence-corrected chi connectivity index (χ3v) is 4.96. The van der Waals surface area contributed by atoms with Crippen molar-refractivity contribution in [2.75, 3.05) is 6.54 Å². The SMILES string of the molecule is CCCNC(c1nc(C)c(C)s1)c1cncn1C1CC1. The predicted octanol–water partition coefficient (Wildman–Crippen LogP) is 3.38. The van der Waals surface area contributed by atoms with Crippen LogP contribution in [0.15, 0.2) is 12.5 Å². The summed E-state index contributed by atoms with van der Waals surface area (Å²) in [6.45, 7) is 7.43. The molecule has 0 radical (unpaired) electrons.